The van der Waals surface area contributed by atoms with Gasteiger partial charge in [-0.1, -0.05) is 35.9 Å². The largest absolute Gasteiger partial charge is 0.493 e. The predicted molar refractivity (Wildman–Crippen MR) is 113 cm³/mol. The molecule has 2 aromatic rings. The predicted octanol–water partition coefficient (Wildman–Crippen LogP) is 3.67. The normalized spacial score (nSPS) is 11.7. The zero-order valence-electron chi connectivity index (χ0n) is 17.1. The van der Waals surface area contributed by atoms with Gasteiger partial charge in [0.25, 0.3) is 5.91 Å². The summed E-state index contributed by atoms with van der Waals surface area (Å²) in [5.74, 6) is 0.473. The van der Waals surface area contributed by atoms with E-state index in [1.54, 1.807) is 37.3 Å². The number of hydrogen-bond acceptors (Lipinski definition) is 4. The minimum Gasteiger partial charge on any atom is -0.493 e. The number of halogens is 1. The lowest BCUT2D eigenvalue weighted by Crippen LogP contribution is -2.50. The van der Waals surface area contributed by atoms with Crippen LogP contribution in [-0.4, -0.2) is 42.5 Å². The molecule has 0 aromatic heterocycles. The Morgan fingerprint density at radius 2 is 1.66 bits per heavy atom. The van der Waals surface area contributed by atoms with Crippen LogP contribution in [0.1, 0.15) is 26.3 Å². The molecule has 2 rings (SSSR count). The fourth-order valence-electron chi connectivity index (χ4n) is 2.73. The minimum absolute atomic E-state index is 0.0257. The van der Waals surface area contributed by atoms with Crippen LogP contribution in [0.3, 0.4) is 0 Å². The maximum absolute atomic E-state index is 13.0. The van der Waals surface area contributed by atoms with Gasteiger partial charge < -0.3 is 19.7 Å². The molecule has 0 bridgehead atoms. The number of benzene rings is 2. The Balaban J connectivity index is 2.16. The van der Waals surface area contributed by atoms with Crippen molar-refractivity contribution in [1.82, 2.24) is 10.2 Å². The number of amides is 2. The lowest BCUT2D eigenvalue weighted by Gasteiger charge is -2.29. The first-order chi connectivity index (χ1) is 13.8. The van der Waals surface area contributed by atoms with E-state index in [1.165, 1.54) is 12.0 Å². The second-order valence-electron chi connectivity index (χ2n) is 6.93. The molecule has 0 radical (unpaired) electrons. The summed E-state index contributed by atoms with van der Waals surface area (Å²) >= 11 is 5.95. The van der Waals surface area contributed by atoms with Gasteiger partial charge in [0.15, 0.2) is 18.1 Å². The summed E-state index contributed by atoms with van der Waals surface area (Å²) in [4.78, 5) is 27.0. The molecule has 1 atom stereocenters. The van der Waals surface area contributed by atoms with Gasteiger partial charge in [-0.2, -0.15) is 0 Å². The standard InChI is InChI=1S/C22H27ClN2O4/c1-15(2)24-22(27)16(3)25(13-17-9-11-18(23)12-10-17)21(26)14-29-20-8-6-5-7-19(20)28-4/h5-12,15-16H,13-14H2,1-4H3,(H,24,27)/t16-/m0/s1. The first kappa shape index (κ1) is 22.6. The van der Waals surface area contributed by atoms with Gasteiger partial charge >= 0.3 is 0 Å². The molecule has 29 heavy (non-hydrogen) atoms. The molecule has 7 heteroatoms. The van der Waals surface area contributed by atoms with E-state index in [4.69, 9.17) is 21.1 Å². The van der Waals surface area contributed by atoms with Crippen molar-refractivity contribution in [3.8, 4) is 11.5 Å². The van der Waals surface area contributed by atoms with Crippen molar-refractivity contribution in [3.05, 3.63) is 59.1 Å². The second-order valence-corrected chi connectivity index (χ2v) is 7.36. The number of hydrogen-bond donors (Lipinski definition) is 1. The van der Waals surface area contributed by atoms with Crippen LogP contribution >= 0.6 is 11.6 Å². The van der Waals surface area contributed by atoms with Gasteiger partial charge in [0.1, 0.15) is 6.04 Å². The number of ether oxygens (including phenoxy) is 2. The van der Waals surface area contributed by atoms with Crippen LogP contribution in [-0.2, 0) is 16.1 Å². The van der Waals surface area contributed by atoms with Gasteiger partial charge in [0.2, 0.25) is 5.91 Å². The molecule has 156 valence electrons. The summed E-state index contributed by atoms with van der Waals surface area (Å²) < 4.78 is 10.9. The molecule has 0 aliphatic rings. The zero-order chi connectivity index (χ0) is 21.4. The third-order valence-corrected chi connectivity index (χ3v) is 4.54. The van der Waals surface area contributed by atoms with E-state index in [9.17, 15) is 9.59 Å². The second kappa shape index (κ2) is 10.7. The lowest BCUT2D eigenvalue weighted by atomic mass is 10.1. The smallest absolute Gasteiger partial charge is 0.261 e. The summed E-state index contributed by atoms with van der Waals surface area (Å²) in [5, 5.41) is 3.46. The van der Waals surface area contributed by atoms with Gasteiger partial charge in [0.05, 0.1) is 7.11 Å². The molecule has 0 saturated carbocycles. The van der Waals surface area contributed by atoms with E-state index in [0.717, 1.165) is 5.56 Å². The first-order valence-corrected chi connectivity index (χ1v) is 9.79. The summed E-state index contributed by atoms with van der Waals surface area (Å²) in [6.07, 6.45) is 0. The zero-order valence-corrected chi connectivity index (χ0v) is 17.9. The number of methoxy groups -OCH3 is 1. The van der Waals surface area contributed by atoms with Crippen molar-refractivity contribution in [3.63, 3.8) is 0 Å². The van der Waals surface area contributed by atoms with Crippen LogP contribution in [0.25, 0.3) is 0 Å². The molecule has 2 aromatic carbocycles. The number of rotatable bonds is 9. The van der Waals surface area contributed by atoms with Gasteiger partial charge in [-0.25, -0.2) is 0 Å². The van der Waals surface area contributed by atoms with Crippen LogP contribution in [0.15, 0.2) is 48.5 Å². The third kappa shape index (κ3) is 6.68. The highest BCUT2D eigenvalue weighted by Gasteiger charge is 2.27. The third-order valence-electron chi connectivity index (χ3n) is 4.28. The number of carbonyl (C=O) groups is 2. The first-order valence-electron chi connectivity index (χ1n) is 9.42. The Morgan fingerprint density at radius 3 is 2.24 bits per heavy atom. The molecule has 0 saturated heterocycles. The molecule has 0 heterocycles. The number of nitrogens with zero attached hydrogens (tertiary/aromatic N) is 1. The maximum Gasteiger partial charge on any atom is 0.261 e. The van der Waals surface area contributed by atoms with Crippen molar-refractivity contribution in [2.75, 3.05) is 13.7 Å². The highest BCUT2D eigenvalue weighted by Crippen LogP contribution is 2.26. The highest BCUT2D eigenvalue weighted by molar-refractivity contribution is 6.30. The Morgan fingerprint density at radius 1 is 1.03 bits per heavy atom. The SMILES string of the molecule is COc1ccccc1OCC(=O)N(Cc1ccc(Cl)cc1)[C@@H](C)C(=O)NC(C)C. The molecule has 0 aliphatic carbocycles. The maximum atomic E-state index is 13.0. The quantitative estimate of drug-likeness (QED) is 0.674. The van der Waals surface area contributed by atoms with Crippen molar-refractivity contribution in [2.24, 2.45) is 0 Å². The number of carbonyl (C=O) groups excluding carboxylic acids is 2. The average Bonchev–Trinajstić information content (AvgIpc) is 2.70. The Bertz CT molecular complexity index is 824. The molecular formula is C22H27ClN2O4. The minimum atomic E-state index is -0.665. The van der Waals surface area contributed by atoms with Gasteiger partial charge in [-0.15, -0.1) is 0 Å². The molecule has 0 aliphatic heterocycles. The van der Waals surface area contributed by atoms with Crippen molar-refractivity contribution in [2.45, 2.75) is 39.4 Å². The van der Waals surface area contributed by atoms with Crippen LogP contribution in [0, 0.1) is 0 Å². The summed E-state index contributed by atoms with van der Waals surface area (Å²) in [6.45, 7) is 5.50. The fraction of sp³-hybridized carbons (Fsp3) is 0.364. The monoisotopic (exact) mass is 418 g/mol. The van der Waals surface area contributed by atoms with Gasteiger partial charge in [0, 0.05) is 17.6 Å². The van der Waals surface area contributed by atoms with E-state index >= 15 is 0 Å². The Kier molecular flexibility index (Phi) is 8.34. The summed E-state index contributed by atoms with van der Waals surface area (Å²) in [7, 11) is 1.54. The van der Waals surface area contributed by atoms with Crippen LogP contribution in [0.4, 0.5) is 0 Å². The number of nitrogens with one attached hydrogen (secondary N) is 1. The molecule has 0 spiro atoms. The molecule has 6 nitrogen and oxygen atoms in total. The van der Waals surface area contributed by atoms with E-state index in [0.29, 0.717) is 16.5 Å². The van der Waals surface area contributed by atoms with Crippen molar-refractivity contribution >= 4 is 23.4 Å². The Hall–Kier alpha value is -2.73. The molecule has 0 fully saturated rings. The van der Waals surface area contributed by atoms with Crippen molar-refractivity contribution in [1.29, 1.82) is 0 Å². The highest BCUT2D eigenvalue weighted by atomic mass is 35.5. The van der Waals surface area contributed by atoms with E-state index < -0.39 is 6.04 Å². The molecule has 2 amide bonds. The van der Waals surface area contributed by atoms with E-state index in [-0.39, 0.29) is 31.0 Å². The van der Waals surface area contributed by atoms with Crippen LogP contribution in [0.5, 0.6) is 11.5 Å². The topological polar surface area (TPSA) is 67.9 Å². The van der Waals surface area contributed by atoms with E-state index in [2.05, 4.69) is 5.32 Å². The average molecular weight is 419 g/mol. The van der Waals surface area contributed by atoms with Crippen LogP contribution < -0.4 is 14.8 Å². The fourth-order valence-corrected chi connectivity index (χ4v) is 2.86. The van der Waals surface area contributed by atoms with Crippen molar-refractivity contribution < 1.29 is 19.1 Å². The Labute approximate surface area is 176 Å². The lowest BCUT2D eigenvalue weighted by molar-refractivity contribution is -0.142. The van der Waals surface area contributed by atoms with Crippen LogP contribution in [0.2, 0.25) is 5.02 Å². The summed E-state index contributed by atoms with van der Waals surface area (Å²) in [6, 6.07) is 13.6. The van der Waals surface area contributed by atoms with Gasteiger partial charge in [-0.05, 0) is 50.6 Å². The molecular weight excluding hydrogens is 392 g/mol. The summed E-state index contributed by atoms with van der Waals surface area (Å²) in [5.41, 5.74) is 0.865. The molecule has 1 N–H and O–H groups in total. The van der Waals surface area contributed by atoms with E-state index in [1.807, 2.05) is 32.0 Å². The van der Waals surface area contributed by atoms with Gasteiger partial charge in [-0.3, -0.25) is 9.59 Å². The number of para-hydroxylation sites is 2. The molecule has 0 unspecified atom stereocenters.